The van der Waals surface area contributed by atoms with Gasteiger partial charge < -0.3 is 10.2 Å². The molecule has 0 spiro atoms. The number of imidazole rings is 1. The van der Waals surface area contributed by atoms with Crippen LogP contribution in [0.15, 0.2) is 55.0 Å². The minimum Gasteiger partial charge on any atom is -0.368 e. The molecule has 6 nitrogen and oxygen atoms in total. The molecule has 1 aromatic carbocycles. The molecule has 28 heavy (non-hydrogen) atoms. The van der Waals surface area contributed by atoms with E-state index in [1.807, 2.05) is 29.0 Å². The second-order valence-electron chi connectivity index (χ2n) is 7.66. The van der Waals surface area contributed by atoms with E-state index in [-0.39, 0.29) is 0 Å². The molecule has 2 unspecified atom stereocenters. The smallest absolute Gasteiger partial charge is 0.214 e. The maximum absolute atomic E-state index is 4.67. The monoisotopic (exact) mass is 388 g/mol. The van der Waals surface area contributed by atoms with E-state index in [9.17, 15) is 0 Å². The number of fused-ring (bicyclic) bond motifs is 3. The van der Waals surface area contributed by atoms with Gasteiger partial charge in [0.1, 0.15) is 0 Å². The van der Waals surface area contributed by atoms with Crippen molar-refractivity contribution in [3.63, 3.8) is 0 Å². The lowest BCUT2D eigenvalue weighted by Crippen LogP contribution is -2.31. The Kier molecular flexibility index (Phi) is 3.62. The van der Waals surface area contributed by atoms with Gasteiger partial charge in [0.05, 0.1) is 11.9 Å². The summed E-state index contributed by atoms with van der Waals surface area (Å²) in [5, 5.41) is 8.86. The molecule has 7 heteroatoms. The van der Waals surface area contributed by atoms with Crippen LogP contribution in [0.25, 0.3) is 16.2 Å². The van der Waals surface area contributed by atoms with E-state index in [2.05, 4.69) is 49.5 Å². The number of anilines is 3. The lowest BCUT2D eigenvalue weighted by Gasteiger charge is -2.29. The molecule has 4 heterocycles. The van der Waals surface area contributed by atoms with E-state index in [4.69, 9.17) is 0 Å². The number of nitrogens with zero attached hydrogens (tertiary/aromatic N) is 5. The van der Waals surface area contributed by atoms with Gasteiger partial charge in [-0.1, -0.05) is 11.3 Å². The summed E-state index contributed by atoms with van der Waals surface area (Å²) in [6.07, 6.45) is 9.67. The summed E-state index contributed by atoms with van der Waals surface area (Å²) in [6, 6.07) is 13.4. The third-order valence-corrected chi connectivity index (χ3v) is 6.70. The van der Waals surface area contributed by atoms with Crippen molar-refractivity contribution in [1.29, 1.82) is 0 Å². The van der Waals surface area contributed by atoms with Gasteiger partial charge in [-0.3, -0.25) is 4.98 Å². The van der Waals surface area contributed by atoms with Gasteiger partial charge in [-0.25, -0.2) is 9.50 Å². The van der Waals surface area contributed by atoms with Crippen molar-refractivity contribution in [2.24, 2.45) is 5.92 Å². The van der Waals surface area contributed by atoms with Gasteiger partial charge in [-0.2, -0.15) is 0 Å². The molecule has 3 aromatic heterocycles. The average Bonchev–Trinajstić information content (AvgIpc) is 3.50. The first-order valence-electron chi connectivity index (χ1n) is 9.72. The molecule has 1 saturated heterocycles. The second kappa shape index (κ2) is 6.31. The lowest BCUT2D eigenvalue weighted by atomic mass is 10.1. The van der Waals surface area contributed by atoms with Gasteiger partial charge in [0.15, 0.2) is 0 Å². The Bertz CT molecular complexity index is 1090. The molecule has 1 saturated carbocycles. The van der Waals surface area contributed by atoms with Crippen molar-refractivity contribution in [2.45, 2.75) is 25.3 Å². The van der Waals surface area contributed by atoms with Gasteiger partial charge >= 0.3 is 0 Å². The molecule has 6 rings (SSSR count). The predicted molar refractivity (Wildman–Crippen MR) is 112 cm³/mol. The van der Waals surface area contributed by atoms with Crippen molar-refractivity contribution in [1.82, 2.24) is 19.6 Å². The fraction of sp³-hybridized carbons (Fsp3) is 0.286. The first-order valence-corrected chi connectivity index (χ1v) is 10.5. The van der Waals surface area contributed by atoms with Crippen molar-refractivity contribution < 1.29 is 0 Å². The third kappa shape index (κ3) is 2.74. The minimum atomic E-state index is 0.754. The largest absolute Gasteiger partial charge is 0.368 e. The molecule has 2 atom stereocenters. The first kappa shape index (κ1) is 16.1. The number of benzene rings is 1. The van der Waals surface area contributed by atoms with Crippen LogP contribution in [0.2, 0.25) is 0 Å². The van der Waals surface area contributed by atoms with E-state index in [1.165, 1.54) is 31.5 Å². The quantitative estimate of drug-likeness (QED) is 0.554. The number of hydrogen-bond donors (Lipinski definition) is 1. The molecule has 2 aliphatic rings. The number of piperidine rings is 1. The maximum Gasteiger partial charge on any atom is 0.214 e. The average molecular weight is 389 g/mol. The highest BCUT2D eigenvalue weighted by atomic mass is 32.1. The van der Waals surface area contributed by atoms with Crippen LogP contribution in [0, 0.1) is 5.92 Å². The van der Waals surface area contributed by atoms with Crippen LogP contribution in [-0.2, 0) is 0 Å². The Hall–Kier alpha value is -2.93. The van der Waals surface area contributed by atoms with Crippen molar-refractivity contribution in [2.75, 3.05) is 16.8 Å². The zero-order chi connectivity index (χ0) is 18.5. The summed E-state index contributed by atoms with van der Waals surface area (Å²) in [7, 11) is 0. The summed E-state index contributed by atoms with van der Waals surface area (Å²) in [4.78, 5) is 12.3. The second-order valence-corrected chi connectivity index (χ2v) is 8.62. The van der Waals surface area contributed by atoms with Crippen molar-refractivity contribution in [3.8, 4) is 11.3 Å². The Morgan fingerprint density at radius 1 is 1.11 bits per heavy atom. The Morgan fingerprint density at radius 3 is 2.75 bits per heavy atom. The zero-order valence-corrected chi connectivity index (χ0v) is 16.1. The molecule has 4 aromatic rings. The molecular weight excluding hydrogens is 368 g/mol. The summed E-state index contributed by atoms with van der Waals surface area (Å²) in [5.74, 6) is 0.908. The molecule has 0 amide bonds. The van der Waals surface area contributed by atoms with Crippen LogP contribution in [0.4, 0.5) is 16.5 Å². The van der Waals surface area contributed by atoms with Crippen LogP contribution < -0.4 is 10.2 Å². The molecule has 1 aliphatic heterocycles. The van der Waals surface area contributed by atoms with Gasteiger partial charge in [0, 0.05) is 41.9 Å². The Labute approximate surface area is 166 Å². The van der Waals surface area contributed by atoms with Gasteiger partial charge in [0.2, 0.25) is 10.1 Å². The molecule has 2 fully saturated rings. The highest BCUT2D eigenvalue weighted by molar-refractivity contribution is 7.20. The molecule has 0 radical (unpaired) electrons. The highest BCUT2D eigenvalue weighted by Crippen LogP contribution is 2.40. The summed E-state index contributed by atoms with van der Waals surface area (Å²) in [6.45, 7) is 1.22. The van der Waals surface area contributed by atoms with Crippen LogP contribution >= 0.6 is 11.3 Å². The SMILES string of the molecule is c1cncc(-c2cn3nc(Nc4ccc(N5CC6CCC5C6)cc4)sc3n2)c1. The molecule has 1 aliphatic carbocycles. The normalized spacial score (nSPS) is 20.9. The lowest BCUT2D eigenvalue weighted by molar-refractivity contribution is 0.553. The van der Waals surface area contributed by atoms with Crippen LogP contribution in [0.1, 0.15) is 19.3 Å². The Balaban J connectivity index is 1.19. The third-order valence-electron chi connectivity index (χ3n) is 5.86. The van der Waals surface area contributed by atoms with Crippen molar-refractivity contribution >= 4 is 32.8 Å². The van der Waals surface area contributed by atoms with Gasteiger partial charge in [-0.05, 0) is 61.6 Å². The molecule has 140 valence electrons. The molecule has 1 N–H and O–H groups in total. The molecule has 2 bridgehead atoms. The number of aromatic nitrogens is 4. The van der Waals surface area contributed by atoms with E-state index < -0.39 is 0 Å². The van der Waals surface area contributed by atoms with E-state index in [1.54, 1.807) is 17.5 Å². The summed E-state index contributed by atoms with van der Waals surface area (Å²) < 4.78 is 1.82. The summed E-state index contributed by atoms with van der Waals surface area (Å²) in [5.41, 5.74) is 4.29. The number of nitrogens with one attached hydrogen (secondary N) is 1. The first-order chi connectivity index (χ1) is 13.8. The van der Waals surface area contributed by atoms with E-state index in [0.717, 1.165) is 39.0 Å². The standard InChI is InChI=1S/C21H20N6S/c1-2-15(11-22-9-1)19-13-27-21(24-19)28-20(25-27)23-16-4-7-17(8-5-16)26-12-14-3-6-18(26)10-14/h1-2,4-5,7-9,11,13-14,18H,3,6,10,12H2,(H,23,25). The van der Waals surface area contributed by atoms with Gasteiger partial charge in [0.25, 0.3) is 0 Å². The maximum atomic E-state index is 4.67. The highest BCUT2D eigenvalue weighted by Gasteiger charge is 2.37. The van der Waals surface area contributed by atoms with E-state index in [0.29, 0.717) is 0 Å². The minimum absolute atomic E-state index is 0.754. The fourth-order valence-electron chi connectivity index (χ4n) is 4.50. The van der Waals surface area contributed by atoms with Gasteiger partial charge in [-0.15, -0.1) is 5.10 Å². The van der Waals surface area contributed by atoms with E-state index >= 15 is 0 Å². The predicted octanol–water partition coefficient (Wildman–Crippen LogP) is 4.59. The number of hydrogen-bond acceptors (Lipinski definition) is 6. The topological polar surface area (TPSA) is 58.4 Å². The fourth-order valence-corrected chi connectivity index (χ4v) is 5.31. The summed E-state index contributed by atoms with van der Waals surface area (Å²) >= 11 is 1.55. The molecular formula is C21H20N6S. The van der Waals surface area contributed by atoms with Crippen molar-refractivity contribution in [3.05, 3.63) is 55.0 Å². The number of rotatable bonds is 4. The zero-order valence-electron chi connectivity index (χ0n) is 15.3. The van der Waals surface area contributed by atoms with Crippen LogP contribution in [0.5, 0.6) is 0 Å². The Morgan fingerprint density at radius 2 is 2.04 bits per heavy atom. The number of pyridine rings is 1. The van der Waals surface area contributed by atoms with Crippen LogP contribution in [0.3, 0.4) is 0 Å². The van der Waals surface area contributed by atoms with Crippen LogP contribution in [-0.4, -0.2) is 32.2 Å².